The van der Waals surface area contributed by atoms with Crippen LogP contribution in [0.15, 0.2) is 17.5 Å². The molecular weight excluding hydrogens is 266 g/mol. The number of amides is 1. The second-order valence-corrected chi connectivity index (χ2v) is 8.20. The summed E-state index contributed by atoms with van der Waals surface area (Å²) in [5.74, 6) is 4.30. The topological polar surface area (TPSA) is 20.3 Å². The first kappa shape index (κ1) is 11.8. The average molecular weight is 287 g/mol. The highest BCUT2D eigenvalue weighted by Gasteiger charge is 2.68. The predicted molar refractivity (Wildman–Crippen MR) is 79.3 cm³/mol. The second kappa shape index (κ2) is 4.09. The average Bonchev–Trinajstić information content (AvgIpc) is 3.04. The fourth-order valence-corrected chi connectivity index (χ4v) is 6.53. The maximum Gasteiger partial charge on any atom is 0.226 e. The number of thiophene rings is 1. The van der Waals surface area contributed by atoms with E-state index >= 15 is 0 Å². The van der Waals surface area contributed by atoms with Crippen molar-refractivity contribution in [1.29, 1.82) is 0 Å². The summed E-state index contributed by atoms with van der Waals surface area (Å²) in [4.78, 5) is 16.6. The molecular formula is C17H21NOS. The van der Waals surface area contributed by atoms with Gasteiger partial charge in [0.25, 0.3) is 0 Å². The van der Waals surface area contributed by atoms with Crippen LogP contribution in [0.4, 0.5) is 0 Å². The van der Waals surface area contributed by atoms with E-state index in [2.05, 4.69) is 22.4 Å². The fourth-order valence-electron chi connectivity index (χ4n) is 5.65. The van der Waals surface area contributed by atoms with Crippen LogP contribution in [-0.4, -0.2) is 17.4 Å². The number of nitrogens with zero attached hydrogens (tertiary/aromatic N) is 1. The van der Waals surface area contributed by atoms with Crippen LogP contribution in [0.25, 0.3) is 0 Å². The van der Waals surface area contributed by atoms with Gasteiger partial charge in [-0.1, -0.05) is 6.07 Å². The van der Waals surface area contributed by atoms with Gasteiger partial charge in [-0.2, -0.15) is 0 Å². The molecule has 2 bridgehead atoms. The second-order valence-electron chi connectivity index (χ2n) is 7.22. The van der Waals surface area contributed by atoms with Gasteiger partial charge in [-0.15, -0.1) is 11.3 Å². The molecule has 1 amide bonds. The lowest BCUT2D eigenvalue weighted by Crippen LogP contribution is -2.33. The van der Waals surface area contributed by atoms with Crippen molar-refractivity contribution in [3.63, 3.8) is 0 Å². The molecule has 1 saturated heterocycles. The number of carbonyl (C=O) groups excluding carboxylic acids is 1. The molecule has 3 saturated carbocycles. The van der Waals surface area contributed by atoms with Crippen LogP contribution in [0.2, 0.25) is 0 Å². The first-order chi connectivity index (χ1) is 9.84. The van der Waals surface area contributed by atoms with Gasteiger partial charge in [-0.25, -0.2) is 0 Å². The molecule has 20 heavy (non-hydrogen) atoms. The van der Waals surface area contributed by atoms with E-state index in [1.165, 1.54) is 37.0 Å². The number of likely N-dealkylation sites (tertiary alicyclic amines) is 1. The molecule has 4 fully saturated rings. The van der Waals surface area contributed by atoms with Gasteiger partial charge in [0.05, 0.1) is 6.04 Å². The lowest BCUT2D eigenvalue weighted by Gasteiger charge is -2.25. The van der Waals surface area contributed by atoms with E-state index in [1.54, 1.807) is 0 Å². The number of fused-ring (bicyclic) bond motifs is 5. The highest BCUT2D eigenvalue weighted by Crippen LogP contribution is 2.70. The van der Waals surface area contributed by atoms with Gasteiger partial charge in [-0.3, -0.25) is 4.79 Å². The third-order valence-corrected chi connectivity index (χ3v) is 7.40. The van der Waals surface area contributed by atoms with Gasteiger partial charge in [-0.05, 0) is 67.2 Å². The quantitative estimate of drug-likeness (QED) is 0.812. The van der Waals surface area contributed by atoms with Crippen LogP contribution in [0, 0.1) is 29.6 Å². The molecule has 1 aromatic heterocycles. The molecule has 0 aromatic carbocycles. The van der Waals surface area contributed by atoms with Crippen molar-refractivity contribution in [3.05, 3.63) is 22.4 Å². The zero-order chi connectivity index (χ0) is 13.3. The zero-order valence-electron chi connectivity index (χ0n) is 11.7. The third-order valence-electron chi connectivity index (χ3n) is 6.43. The first-order valence-electron chi connectivity index (χ1n) is 8.18. The van der Waals surface area contributed by atoms with Gasteiger partial charge >= 0.3 is 0 Å². The minimum atomic E-state index is 0.390. The van der Waals surface area contributed by atoms with Crippen molar-refractivity contribution in [2.24, 2.45) is 29.6 Å². The summed E-state index contributed by atoms with van der Waals surface area (Å²) in [5.41, 5.74) is 0. The summed E-state index contributed by atoms with van der Waals surface area (Å²) in [6, 6.07) is 4.72. The monoisotopic (exact) mass is 287 g/mol. The van der Waals surface area contributed by atoms with Crippen molar-refractivity contribution in [2.45, 2.75) is 38.1 Å². The molecule has 3 heteroatoms. The Morgan fingerprint density at radius 2 is 2.00 bits per heavy atom. The van der Waals surface area contributed by atoms with Crippen molar-refractivity contribution >= 4 is 17.2 Å². The first-order valence-corrected chi connectivity index (χ1v) is 9.06. The maximum absolute atomic E-state index is 13.0. The summed E-state index contributed by atoms with van der Waals surface area (Å²) >= 11 is 1.81. The van der Waals surface area contributed by atoms with Gasteiger partial charge in [0.1, 0.15) is 0 Å². The lowest BCUT2D eigenvalue weighted by atomic mass is 10.0. The summed E-state index contributed by atoms with van der Waals surface area (Å²) < 4.78 is 0. The van der Waals surface area contributed by atoms with Crippen LogP contribution in [0.1, 0.15) is 43.0 Å². The summed E-state index contributed by atoms with van der Waals surface area (Å²) in [5, 5.41) is 2.14. The van der Waals surface area contributed by atoms with Gasteiger partial charge < -0.3 is 4.90 Å². The van der Waals surface area contributed by atoms with Crippen LogP contribution >= 0.6 is 11.3 Å². The Labute approximate surface area is 124 Å². The Kier molecular flexibility index (Phi) is 2.41. The van der Waals surface area contributed by atoms with Crippen LogP contribution < -0.4 is 0 Å². The van der Waals surface area contributed by atoms with Gasteiger partial charge in [0, 0.05) is 17.3 Å². The molecule has 5 atom stereocenters. The largest absolute Gasteiger partial charge is 0.335 e. The van der Waals surface area contributed by atoms with Crippen LogP contribution in [0.3, 0.4) is 0 Å². The normalized spacial score (nSPS) is 44.9. The highest BCUT2D eigenvalue weighted by molar-refractivity contribution is 7.10. The van der Waals surface area contributed by atoms with Crippen LogP contribution in [0.5, 0.6) is 0 Å². The minimum Gasteiger partial charge on any atom is -0.335 e. The standard InChI is InChI=1S/C17H21NOS/c19-17(16-14-10-5-6-11(9-10)15(14)16)18-7-1-3-12(18)13-4-2-8-20-13/h2,4,8,10-12,14-16H,1,3,5-7,9H2. The Morgan fingerprint density at radius 3 is 2.70 bits per heavy atom. The number of rotatable bonds is 2. The van der Waals surface area contributed by atoms with Crippen LogP contribution in [-0.2, 0) is 4.79 Å². The van der Waals surface area contributed by atoms with E-state index in [0.29, 0.717) is 17.9 Å². The van der Waals surface area contributed by atoms with E-state index in [1.807, 2.05) is 11.3 Å². The van der Waals surface area contributed by atoms with E-state index < -0.39 is 0 Å². The minimum absolute atomic E-state index is 0.390. The van der Waals surface area contributed by atoms with E-state index in [-0.39, 0.29) is 0 Å². The zero-order valence-corrected chi connectivity index (χ0v) is 12.5. The number of carbonyl (C=O) groups is 1. The van der Waals surface area contributed by atoms with Crippen molar-refractivity contribution in [2.75, 3.05) is 6.54 Å². The lowest BCUT2D eigenvalue weighted by molar-refractivity contribution is -0.134. The van der Waals surface area contributed by atoms with Crippen molar-refractivity contribution < 1.29 is 4.79 Å². The Morgan fingerprint density at radius 1 is 1.20 bits per heavy atom. The molecule has 0 spiro atoms. The summed E-state index contributed by atoms with van der Waals surface area (Å²) in [6.07, 6.45) is 6.60. The number of hydrogen-bond donors (Lipinski definition) is 0. The van der Waals surface area contributed by atoms with Gasteiger partial charge in [0.2, 0.25) is 5.91 Å². The van der Waals surface area contributed by atoms with E-state index in [4.69, 9.17) is 0 Å². The van der Waals surface area contributed by atoms with E-state index in [9.17, 15) is 4.79 Å². The summed E-state index contributed by atoms with van der Waals surface area (Å²) in [6.45, 7) is 0.993. The molecule has 3 aliphatic carbocycles. The molecule has 2 nitrogen and oxygen atoms in total. The molecule has 1 aromatic rings. The fraction of sp³-hybridized carbons (Fsp3) is 0.706. The molecule has 4 aliphatic rings. The molecule has 1 aliphatic heterocycles. The van der Waals surface area contributed by atoms with E-state index in [0.717, 1.165) is 30.2 Å². The molecule has 106 valence electrons. The van der Waals surface area contributed by atoms with Crippen molar-refractivity contribution in [3.8, 4) is 0 Å². The molecule has 5 unspecified atom stereocenters. The molecule has 5 rings (SSSR count). The SMILES string of the molecule is O=C(C1C2C3CCC(C3)C12)N1CCCC1c1cccs1. The Balaban J connectivity index is 1.37. The third kappa shape index (κ3) is 1.47. The van der Waals surface area contributed by atoms with Crippen molar-refractivity contribution in [1.82, 2.24) is 4.90 Å². The predicted octanol–water partition coefficient (Wildman–Crippen LogP) is 3.70. The summed E-state index contributed by atoms with van der Waals surface area (Å²) in [7, 11) is 0. The molecule has 0 radical (unpaired) electrons. The van der Waals surface area contributed by atoms with Gasteiger partial charge in [0.15, 0.2) is 0 Å². The molecule has 2 heterocycles. The Hall–Kier alpha value is -0.830. The smallest absolute Gasteiger partial charge is 0.226 e. The maximum atomic E-state index is 13.0. The molecule has 0 N–H and O–H groups in total. The number of hydrogen-bond acceptors (Lipinski definition) is 2. The Bertz CT molecular complexity index is 523. The highest BCUT2D eigenvalue weighted by atomic mass is 32.1.